The number of carbonyl (C=O) groups is 1. The molecule has 1 rings (SSSR count). The average Bonchev–Trinajstić information content (AvgIpc) is 2.35. The maximum absolute atomic E-state index is 10.6. The van der Waals surface area contributed by atoms with Crippen molar-refractivity contribution >= 4 is 5.97 Å². The third-order valence-corrected chi connectivity index (χ3v) is 1.72. The van der Waals surface area contributed by atoms with Crippen LogP contribution in [0.5, 0.6) is 0 Å². The minimum Gasteiger partial charge on any atom is -0.455 e. The topological polar surface area (TPSA) is 26.3 Å². The van der Waals surface area contributed by atoms with Crippen LogP contribution in [-0.4, -0.2) is 12.1 Å². The van der Waals surface area contributed by atoms with Crippen molar-refractivity contribution in [1.29, 1.82) is 0 Å². The first-order valence-electron chi connectivity index (χ1n) is 4.20. The quantitative estimate of drug-likeness (QED) is 0.474. The molecule has 0 aromatic heterocycles. The Kier molecular flexibility index (Phi) is 3.09. The van der Waals surface area contributed by atoms with Gasteiger partial charge >= 0.3 is 5.97 Å². The van der Waals surface area contributed by atoms with E-state index in [-0.39, 0.29) is 12.1 Å². The van der Waals surface area contributed by atoms with Gasteiger partial charge < -0.3 is 4.74 Å². The second-order valence-electron chi connectivity index (χ2n) is 3.19. The predicted octanol–water partition coefficient (Wildman–Crippen LogP) is 2.21. The second kappa shape index (κ2) is 4.10. The first-order chi connectivity index (χ1) is 5.68. The van der Waals surface area contributed by atoms with Crippen molar-refractivity contribution < 1.29 is 9.53 Å². The van der Waals surface area contributed by atoms with Crippen molar-refractivity contribution in [3.05, 3.63) is 23.8 Å². The predicted molar refractivity (Wildman–Crippen MR) is 47.7 cm³/mol. The third-order valence-electron chi connectivity index (χ3n) is 1.72. The number of rotatable bonds is 3. The van der Waals surface area contributed by atoms with Crippen LogP contribution in [0.25, 0.3) is 0 Å². The van der Waals surface area contributed by atoms with E-state index in [4.69, 9.17) is 4.74 Å². The largest absolute Gasteiger partial charge is 0.455 e. The highest BCUT2D eigenvalue weighted by Gasteiger charge is 2.14. The van der Waals surface area contributed by atoms with E-state index in [2.05, 4.69) is 19.9 Å². The highest BCUT2D eigenvalue weighted by molar-refractivity contribution is 5.84. The van der Waals surface area contributed by atoms with Crippen LogP contribution in [0.3, 0.4) is 0 Å². The van der Waals surface area contributed by atoms with E-state index in [9.17, 15) is 4.79 Å². The van der Waals surface area contributed by atoms with Gasteiger partial charge in [-0.1, -0.05) is 11.6 Å². The Morgan fingerprint density at radius 3 is 2.92 bits per heavy atom. The summed E-state index contributed by atoms with van der Waals surface area (Å²) in [6, 6.07) is 0. The number of allylic oxidation sites excluding steroid dienone is 2. The maximum Gasteiger partial charge on any atom is 0.331 e. The molecule has 1 heterocycles. The van der Waals surface area contributed by atoms with Crippen molar-refractivity contribution in [1.82, 2.24) is 0 Å². The van der Waals surface area contributed by atoms with Crippen molar-refractivity contribution in [2.24, 2.45) is 0 Å². The van der Waals surface area contributed by atoms with Gasteiger partial charge in [-0.3, -0.25) is 0 Å². The lowest BCUT2D eigenvalue weighted by atomic mass is 10.1. The monoisotopic (exact) mass is 166 g/mol. The fourth-order valence-electron chi connectivity index (χ4n) is 1.11. The van der Waals surface area contributed by atoms with Gasteiger partial charge in [-0.15, -0.1) is 0 Å². The zero-order valence-corrected chi connectivity index (χ0v) is 7.54. The molecule has 2 heteroatoms. The summed E-state index contributed by atoms with van der Waals surface area (Å²) in [5.74, 6) is -0.211. The van der Waals surface area contributed by atoms with Crippen molar-refractivity contribution in [2.75, 3.05) is 0 Å². The Morgan fingerprint density at radius 2 is 2.42 bits per heavy atom. The Hall–Kier alpha value is -1.05. The molecule has 1 atom stereocenters. The molecule has 0 spiro atoms. The van der Waals surface area contributed by atoms with E-state index in [0.29, 0.717) is 0 Å². The Labute approximate surface area is 72.9 Å². The highest BCUT2D eigenvalue weighted by atomic mass is 16.5. The molecule has 0 amide bonds. The van der Waals surface area contributed by atoms with Crippen molar-refractivity contribution in [2.45, 2.75) is 32.8 Å². The lowest BCUT2D eigenvalue weighted by Crippen LogP contribution is -2.06. The summed E-state index contributed by atoms with van der Waals surface area (Å²) in [7, 11) is 0. The molecule has 0 aromatic carbocycles. The number of ether oxygens (including phenoxy) is 1. The fraction of sp³-hybridized carbons (Fsp3) is 0.500. The molecule has 0 radical (unpaired) electrons. The minimum atomic E-state index is -0.211. The van der Waals surface area contributed by atoms with Crippen LogP contribution in [0, 0.1) is 0 Å². The zero-order chi connectivity index (χ0) is 8.97. The maximum atomic E-state index is 10.6. The van der Waals surface area contributed by atoms with Crippen LogP contribution >= 0.6 is 0 Å². The Morgan fingerprint density at radius 1 is 1.67 bits per heavy atom. The van der Waals surface area contributed by atoms with Crippen LogP contribution in [0.4, 0.5) is 0 Å². The Bertz CT molecular complexity index is 222. The number of hydrogen-bond acceptors (Lipinski definition) is 2. The molecule has 66 valence electrons. The van der Waals surface area contributed by atoms with Gasteiger partial charge in [-0.05, 0) is 32.8 Å². The summed E-state index contributed by atoms with van der Waals surface area (Å²) in [5.41, 5.74) is 1.31. The standard InChI is InChI=1S/C10H14O2/c1-8(2)4-3-5-9-6-7-10(11)12-9/h4,6-7,9H,3,5H2,1-2H3. The highest BCUT2D eigenvalue weighted by Crippen LogP contribution is 2.11. The summed E-state index contributed by atoms with van der Waals surface area (Å²) in [5, 5.41) is 0. The van der Waals surface area contributed by atoms with Gasteiger partial charge in [-0.25, -0.2) is 4.79 Å². The van der Waals surface area contributed by atoms with Crippen LogP contribution in [-0.2, 0) is 9.53 Å². The SMILES string of the molecule is CC(C)=CCCC1C=CC(=O)O1. The summed E-state index contributed by atoms with van der Waals surface area (Å²) in [6.45, 7) is 4.13. The molecular formula is C10H14O2. The van der Waals surface area contributed by atoms with Crippen LogP contribution in [0.15, 0.2) is 23.8 Å². The summed E-state index contributed by atoms with van der Waals surface area (Å²) in [6.07, 6.45) is 7.35. The van der Waals surface area contributed by atoms with Crippen LogP contribution in [0.2, 0.25) is 0 Å². The van der Waals surface area contributed by atoms with E-state index in [1.165, 1.54) is 11.6 Å². The third kappa shape index (κ3) is 2.91. The molecule has 1 aliphatic rings. The van der Waals surface area contributed by atoms with E-state index < -0.39 is 0 Å². The summed E-state index contributed by atoms with van der Waals surface area (Å²) < 4.78 is 4.96. The second-order valence-corrected chi connectivity index (χ2v) is 3.19. The van der Waals surface area contributed by atoms with Gasteiger partial charge in [0.15, 0.2) is 0 Å². The zero-order valence-electron chi connectivity index (χ0n) is 7.54. The molecule has 0 N–H and O–H groups in total. The summed E-state index contributed by atoms with van der Waals surface area (Å²) >= 11 is 0. The molecule has 12 heavy (non-hydrogen) atoms. The molecule has 0 bridgehead atoms. The Balaban J connectivity index is 2.21. The molecular weight excluding hydrogens is 152 g/mol. The number of esters is 1. The van der Waals surface area contributed by atoms with Crippen LogP contribution in [0.1, 0.15) is 26.7 Å². The van der Waals surface area contributed by atoms with Gasteiger partial charge in [0, 0.05) is 6.08 Å². The summed E-state index contributed by atoms with van der Waals surface area (Å²) in [4.78, 5) is 10.6. The number of hydrogen-bond donors (Lipinski definition) is 0. The van der Waals surface area contributed by atoms with Gasteiger partial charge in [0.1, 0.15) is 6.10 Å². The van der Waals surface area contributed by atoms with E-state index in [1.54, 1.807) is 0 Å². The first-order valence-corrected chi connectivity index (χ1v) is 4.20. The number of carbonyl (C=O) groups excluding carboxylic acids is 1. The van der Waals surface area contributed by atoms with Gasteiger partial charge in [0.25, 0.3) is 0 Å². The van der Waals surface area contributed by atoms with Crippen molar-refractivity contribution in [3.8, 4) is 0 Å². The molecule has 0 aromatic rings. The molecule has 0 saturated carbocycles. The molecule has 0 fully saturated rings. The van der Waals surface area contributed by atoms with Gasteiger partial charge in [0.2, 0.25) is 0 Å². The van der Waals surface area contributed by atoms with E-state index >= 15 is 0 Å². The fourth-order valence-corrected chi connectivity index (χ4v) is 1.11. The van der Waals surface area contributed by atoms with Gasteiger partial charge in [0.05, 0.1) is 0 Å². The first kappa shape index (κ1) is 9.04. The minimum absolute atomic E-state index is 0.00750. The van der Waals surface area contributed by atoms with Crippen LogP contribution < -0.4 is 0 Å². The lowest BCUT2D eigenvalue weighted by Gasteiger charge is -2.05. The molecule has 2 nitrogen and oxygen atoms in total. The molecule has 0 saturated heterocycles. The van der Waals surface area contributed by atoms with E-state index in [1.807, 2.05) is 6.08 Å². The lowest BCUT2D eigenvalue weighted by molar-refractivity contribution is -0.138. The molecule has 0 aliphatic carbocycles. The molecule has 1 unspecified atom stereocenters. The normalized spacial score (nSPS) is 20.8. The number of cyclic esters (lactones) is 1. The average molecular weight is 166 g/mol. The van der Waals surface area contributed by atoms with Gasteiger partial charge in [-0.2, -0.15) is 0 Å². The smallest absolute Gasteiger partial charge is 0.331 e. The molecule has 1 aliphatic heterocycles. The van der Waals surface area contributed by atoms with Crippen molar-refractivity contribution in [3.63, 3.8) is 0 Å². The van der Waals surface area contributed by atoms with E-state index in [0.717, 1.165) is 12.8 Å².